The molecule has 28 heavy (non-hydrogen) atoms. The Morgan fingerprint density at radius 3 is 2.39 bits per heavy atom. The van der Waals surface area contributed by atoms with Gasteiger partial charge in [-0.1, -0.05) is 12.1 Å². The van der Waals surface area contributed by atoms with Crippen LogP contribution in [-0.2, 0) is 11.8 Å². The third kappa shape index (κ3) is 3.74. The molecule has 2 heterocycles. The Morgan fingerprint density at radius 1 is 1.04 bits per heavy atom. The number of aryl methyl sites for hydroxylation is 1. The highest BCUT2D eigenvalue weighted by atomic mass is 16.4. The summed E-state index contributed by atoms with van der Waals surface area (Å²) in [6.45, 7) is 0. The zero-order valence-corrected chi connectivity index (χ0v) is 15.6. The zero-order valence-electron chi connectivity index (χ0n) is 15.6. The minimum Gasteiger partial charge on any atom is -0.481 e. The molecule has 0 bridgehead atoms. The van der Waals surface area contributed by atoms with Crippen molar-refractivity contribution in [2.24, 2.45) is 13.0 Å². The molecular formula is C21H22N4O3. The van der Waals surface area contributed by atoms with Crippen LogP contribution in [0.5, 0.6) is 0 Å². The number of aromatic nitrogens is 3. The lowest BCUT2D eigenvalue weighted by Crippen LogP contribution is -2.38. The van der Waals surface area contributed by atoms with E-state index in [1.165, 1.54) is 0 Å². The fraction of sp³-hybridized carbons (Fsp3) is 0.333. The van der Waals surface area contributed by atoms with Gasteiger partial charge < -0.3 is 15.0 Å². The molecule has 2 N–H and O–H groups in total. The molecule has 4 rings (SSSR count). The van der Waals surface area contributed by atoms with Crippen LogP contribution in [0, 0.1) is 5.92 Å². The average molecular weight is 378 g/mol. The Morgan fingerprint density at radius 2 is 1.71 bits per heavy atom. The van der Waals surface area contributed by atoms with Crippen LogP contribution >= 0.6 is 0 Å². The van der Waals surface area contributed by atoms with E-state index in [0.717, 1.165) is 17.0 Å². The fourth-order valence-electron chi connectivity index (χ4n) is 3.66. The van der Waals surface area contributed by atoms with Crippen molar-refractivity contribution < 1.29 is 14.7 Å². The monoisotopic (exact) mass is 378 g/mol. The average Bonchev–Trinajstić information content (AvgIpc) is 3.11. The summed E-state index contributed by atoms with van der Waals surface area (Å²) >= 11 is 0. The summed E-state index contributed by atoms with van der Waals surface area (Å²) in [5.74, 6) is -0.516. The second kappa shape index (κ2) is 7.42. The van der Waals surface area contributed by atoms with Crippen LogP contribution in [0.2, 0.25) is 0 Å². The second-order valence-corrected chi connectivity index (χ2v) is 7.37. The molecule has 1 aliphatic carbocycles. The summed E-state index contributed by atoms with van der Waals surface area (Å²) in [4.78, 5) is 32.6. The number of imidazole rings is 1. The first kappa shape index (κ1) is 18.2. The quantitative estimate of drug-likeness (QED) is 0.727. The van der Waals surface area contributed by atoms with Gasteiger partial charge in [0.25, 0.3) is 5.91 Å². The molecule has 0 aromatic heterocycles. The number of carboxylic acids is 1. The largest absolute Gasteiger partial charge is 0.481 e. The van der Waals surface area contributed by atoms with Crippen molar-refractivity contribution in [2.75, 3.05) is 0 Å². The maximum atomic E-state index is 12.5. The van der Waals surface area contributed by atoms with Crippen LogP contribution in [0.3, 0.4) is 0 Å². The lowest BCUT2D eigenvalue weighted by molar-refractivity contribution is -0.142. The number of benzene rings is 1. The summed E-state index contributed by atoms with van der Waals surface area (Å²) in [5.41, 5.74) is 3.11. The molecular weight excluding hydrogens is 356 g/mol. The Kier molecular flexibility index (Phi) is 4.81. The summed E-state index contributed by atoms with van der Waals surface area (Å²) in [6.07, 6.45) is 6.47. The summed E-state index contributed by atoms with van der Waals surface area (Å²) < 4.78 is 1.93. The molecule has 7 heteroatoms. The van der Waals surface area contributed by atoms with Crippen LogP contribution in [-0.4, -0.2) is 37.6 Å². The highest BCUT2D eigenvalue weighted by molar-refractivity contribution is 5.94. The minimum atomic E-state index is -0.739. The first-order valence-corrected chi connectivity index (χ1v) is 9.43. The van der Waals surface area contributed by atoms with Gasteiger partial charge in [-0.2, -0.15) is 0 Å². The molecule has 1 aromatic carbocycles. The smallest absolute Gasteiger partial charge is 0.306 e. The number of carbonyl (C=O) groups excluding carboxylic acids is 1. The number of rotatable bonds is 4. The molecule has 1 fully saturated rings. The van der Waals surface area contributed by atoms with Crippen molar-refractivity contribution in [1.82, 2.24) is 19.9 Å². The third-order valence-corrected chi connectivity index (χ3v) is 5.33. The topological polar surface area (TPSA) is 97.1 Å². The number of carboxylic acid groups (broad SMARTS) is 1. The molecule has 144 valence electrons. The van der Waals surface area contributed by atoms with Gasteiger partial charge in [-0.3, -0.25) is 9.59 Å². The number of amides is 1. The molecule has 0 atom stereocenters. The van der Waals surface area contributed by atoms with E-state index in [1.807, 2.05) is 42.2 Å². The lowest BCUT2D eigenvalue weighted by atomic mass is 9.86. The number of hydrogen-bond donors (Lipinski definition) is 2. The van der Waals surface area contributed by atoms with Gasteiger partial charge in [0, 0.05) is 36.6 Å². The molecule has 0 radical (unpaired) electrons. The Balaban J connectivity index is 1.42. The van der Waals surface area contributed by atoms with E-state index in [2.05, 4.69) is 15.3 Å². The van der Waals surface area contributed by atoms with Gasteiger partial charge in [0.05, 0.1) is 11.6 Å². The Bertz CT molecular complexity index is 972. The molecule has 1 amide bonds. The number of nitrogens with one attached hydrogen (secondary N) is 1. The third-order valence-electron chi connectivity index (χ3n) is 5.33. The lowest BCUT2D eigenvalue weighted by Gasteiger charge is -2.26. The SMILES string of the molecule is Cn1ccc2nc(-c3ccc(C(=O)NC4CCC(C(=O)O)CC4)cc3)nc-2c1. The van der Waals surface area contributed by atoms with Crippen LogP contribution < -0.4 is 5.32 Å². The van der Waals surface area contributed by atoms with Gasteiger partial charge in [0.2, 0.25) is 0 Å². The molecule has 0 unspecified atom stereocenters. The minimum absolute atomic E-state index is 0.0345. The van der Waals surface area contributed by atoms with E-state index >= 15 is 0 Å². The van der Waals surface area contributed by atoms with E-state index in [0.29, 0.717) is 37.1 Å². The molecule has 0 spiro atoms. The standard InChI is InChI=1S/C21H22N4O3/c1-25-11-10-17-18(12-25)24-19(23-17)13-2-4-14(5-3-13)20(26)22-16-8-6-15(7-9-16)21(27)28/h2-5,10-12,15-16H,6-9H2,1H3,(H,22,26)(H,27,28). The van der Waals surface area contributed by atoms with Gasteiger partial charge in [0.1, 0.15) is 5.69 Å². The van der Waals surface area contributed by atoms with Gasteiger partial charge in [0.15, 0.2) is 5.82 Å². The van der Waals surface area contributed by atoms with E-state index in [4.69, 9.17) is 5.11 Å². The van der Waals surface area contributed by atoms with Crippen molar-refractivity contribution in [1.29, 1.82) is 0 Å². The van der Waals surface area contributed by atoms with E-state index in [-0.39, 0.29) is 17.9 Å². The van der Waals surface area contributed by atoms with Gasteiger partial charge >= 0.3 is 5.97 Å². The number of carbonyl (C=O) groups is 2. The van der Waals surface area contributed by atoms with Crippen molar-refractivity contribution in [3.05, 3.63) is 48.3 Å². The summed E-state index contributed by atoms with van der Waals surface area (Å²) in [5, 5.41) is 12.1. The highest BCUT2D eigenvalue weighted by Crippen LogP contribution is 2.26. The van der Waals surface area contributed by atoms with Gasteiger partial charge in [-0.15, -0.1) is 0 Å². The normalized spacial score (nSPS) is 19.5. The van der Waals surface area contributed by atoms with E-state index in [1.54, 1.807) is 12.1 Å². The molecule has 0 saturated heterocycles. The highest BCUT2D eigenvalue weighted by Gasteiger charge is 2.26. The van der Waals surface area contributed by atoms with Crippen LogP contribution in [0.15, 0.2) is 42.7 Å². The van der Waals surface area contributed by atoms with Gasteiger partial charge in [-0.05, 0) is 43.9 Å². The zero-order chi connectivity index (χ0) is 19.7. The molecule has 1 aromatic rings. The number of nitrogens with zero attached hydrogens (tertiary/aromatic N) is 3. The number of fused-ring (bicyclic) bond motifs is 1. The number of pyridine rings is 1. The first-order chi connectivity index (χ1) is 13.5. The Hall–Kier alpha value is -3.22. The van der Waals surface area contributed by atoms with E-state index < -0.39 is 5.97 Å². The molecule has 2 aliphatic heterocycles. The van der Waals surface area contributed by atoms with E-state index in [9.17, 15) is 9.59 Å². The fourth-order valence-corrected chi connectivity index (χ4v) is 3.66. The number of aliphatic carboxylic acids is 1. The molecule has 7 nitrogen and oxygen atoms in total. The summed E-state index contributed by atoms with van der Waals surface area (Å²) in [6, 6.07) is 9.21. The Labute approximate surface area is 162 Å². The molecule has 3 aliphatic rings. The molecule has 1 saturated carbocycles. The van der Waals surface area contributed by atoms with Gasteiger partial charge in [-0.25, -0.2) is 9.97 Å². The van der Waals surface area contributed by atoms with Crippen LogP contribution in [0.4, 0.5) is 0 Å². The maximum absolute atomic E-state index is 12.5. The van der Waals surface area contributed by atoms with Crippen molar-refractivity contribution in [2.45, 2.75) is 31.7 Å². The first-order valence-electron chi connectivity index (χ1n) is 9.43. The van der Waals surface area contributed by atoms with Crippen molar-refractivity contribution in [3.8, 4) is 22.8 Å². The number of hydrogen-bond acceptors (Lipinski definition) is 4. The van der Waals surface area contributed by atoms with Crippen LogP contribution in [0.1, 0.15) is 36.0 Å². The van der Waals surface area contributed by atoms with Crippen LogP contribution in [0.25, 0.3) is 22.8 Å². The predicted octanol–water partition coefficient (Wildman–Crippen LogP) is 2.96. The predicted molar refractivity (Wildman–Crippen MR) is 104 cm³/mol. The summed E-state index contributed by atoms with van der Waals surface area (Å²) in [7, 11) is 1.94. The maximum Gasteiger partial charge on any atom is 0.306 e. The van der Waals surface area contributed by atoms with Crippen molar-refractivity contribution >= 4 is 11.9 Å². The van der Waals surface area contributed by atoms with Crippen molar-refractivity contribution in [3.63, 3.8) is 0 Å². The second-order valence-electron chi connectivity index (χ2n) is 7.37.